The van der Waals surface area contributed by atoms with E-state index in [0.717, 1.165) is 12.1 Å². The fourth-order valence-corrected chi connectivity index (χ4v) is 2.69. The summed E-state index contributed by atoms with van der Waals surface area (Å²) in [5, 5.41) is 2.76. The number of halogens is 4. The quantitative estimate of drug-likeness (QED) is 0.662. The lowest BCUT2D eigenvalue weighted by molar-refractivity contribution is -0.137. The van der Waals surface area contributed by atoms with E-state index in [4.69, 9.17) is 0 Å². The van der Waals surface area contributed by atoms with Crippen molar-refractivity contribution in [3.05, 3.63) is 71.0 Å². The molecule has 0 atom stereocenters. The van der Waals surface area contributed by atoms with Crippen LogP contribution in [-0.2, 0) is 19.1 Å². The molecule has 0 spiro atoms. The highest BCUT2D eigenvalue weighted by atomic mass is 19.4. The standard InChI is InChI=1S/C21H25F4N3O/c1-27(2)13-14-28(15-17-5-3-4-6-19(17)22)20(29)26-12-11-16-7-9-18(10-8-16)21(23,24)25/h3-10H,11-15H2,1-2H3,(H,26,29). The molecule has 0 fully saturated rings. The van der Waals surface area contributed by atoms with Crippen LogP contribution in [0.25, 0.3) is 0 Å². The number of rotatable bonds is 8. The molecule has 2 aromatic rings. The summed E-state index contributed by atoms with van der Waals surface area (Å²) in [6.07, 6.45) is -3.97. The molecule has 0 unspecified atom stereocenters. The smallest absolute Gasteiger partial charge is 0.338 e. The first-order chi connectivity index (χ1) is 13.7. The van der Waals surface area contributed by atoms with E-state index in [-0.39, 0.29) is 24.9 Å². The maximum Gasteiger partial charge on any atom is 0.416 e. The second-order valence-electron chi connectivity index (χ2n) is 6.99. The summed E-state index contributed by atoms with van der Waals surface area (Å²) in [5.41, 5.74) is 0.404. The van der Waals surface area contributed by atoms with Gasteiger partial charge in [-0.25, -0.2) is 9.18 Å². The largest absolute Gasteiger partial charge is 0.416 e. The van der Waals surface area contributed by atoms with E-state index < -0.39 is 11.7 Å². The minimum Gasteiger partial charge on any atom is -0.338 e. The molecule has 2 amide bonds. The molecule has 0 aliphatic heterocycles. The van der Waals surface area contributed by atoms with Gasteiger partial charge >= 0.3 is 12.2 Å². The fraction of sp³-hybridized carbons (Fsp3) is 0.381. The molecule has 0 radical (unpaired) electrons. The van der Waals surface area contributed by atoms with Gasteiger partial charge in [-0.05, 0) is 44.3 Å². The second kappa shape index (κ2) is 10.2. The van der Waals surface area contributed by atoms with Crippen molar-refractivity contribution in [2.24, 2.45) is 0 Å². The van der Waals surface area contributed by atoms with Crippen LogP contribution in [0.5, 0.6) is 0 Å². The van der Waals surface area contributed by atoms with E-state index >= 15 is 0 Å². The molecular weight excluding hydrogens is 386 g/mol. The molecule has 0 saturated carbocycles. The van der Waals surface area contributed by atoms with Gasteiger partial charge in [0.1, 0.15) is 5.82 Å². The van der Waals surface area contributed by atoms with Crippen molar-refractivity contribution in [3.63, 3.8) is 0 Å². The third-order valence-corrected chi connectivity index (χ3v) is 4.39. The van der Waals surface area contributed by atoms with Crippen molar-refractivity contribution in [1.29, 1.82) is 0 Å². The molecule has 0 bridgehead atoms. The predicted octanol–water partition coefficient (Wildman–Crippen LogP) is 4.16. The first kappa shape index (κ1) is 22.7. The van der Waals surface area contributed by atoms with Crippen molar-refractivity contribution in [2.75, 3.05) is 33.7 Å². The van der Waals surface area contributed by atoms with E-state index in [1.165, 1.54) is 23.1 Å². The highest BCUT2D eigenvalue weighted by molar-refractivity contribution is 5.74. The lowest BCUT2D eigenvalue weighted by Crippen LogP contribution is -2.43. The molecule has 0 saturated heterocycles. The van der Waals surface area contributed by atoms with Crippen LogP contribution < -0.4 is 5.32 Å². The molecule has 158 valence electrons. The zero-order chi connectivity index (χ0) is 21.4. The van der Waals surface area contributed by atoms with Crippen molar-refractivity contribution < 1.29 is 22.4 Å². The van der Waals surface area contributed by atoms with E-state index in [0.29, 0.717) is 30.6 Å². The van der Waals surface area contributed by atoms with Gasteiger partial charge in [0.15, 0.2) is 0 Å². The number of carbonyl (C=O) groups excluding carboxylic acids is 1. The normalized spacial score (nSPS) is 11.6. The van der Waals surface area contributed by atoms with Gasteiger partial charge in [-0.15, -0.1) is 0 Å². The first-order valence-electron chi connectivity index (χ1n) is 9.24. The van der Waals surface area contributed by atoms with Gasteiger partial charge in [-0.3, -0.25) is 0 Å². The lowest BCUT2D eigenvalue weighted by atomic mass is 10.1. The van der Waals surface area contributed by atoms with E-state index in [1.54, 1.807) is 18.2 Å². The van der Waals surface area contributed by atoms with Gasteiger partial charge in [0, 0.05) is 25.2 Å². The average molecular weight is 411 g/mol. The summed E-state index contributed by atoms with van der Waals surface area (Å²) in [4.78, 5) is 16.0. The van der Waals surface area contributed by atoms with Crippen LogP contribution in [0.2, 0.25) is 0 Å². The maximum absolute atomic E-state index is 14.0. The molecule has 2 rings (SSSR count). The highest BCUT2D eigenvalue weighted by Crippen LogP contribution is 2.29. The van der Waals surface area contributed by atoms with Crippen LogP contribution in [0.3, 0.4) is 0 Å². The number of likely N-dealkylation sites (N-methyl/N-ethyl adjacent to an activating group) is 1. The van der Waals surface area contributed by atoms with Crippen LogP contribution in [0, 0.1) is 5.82 Å². The monoisotopic (exact) mass is 411 g/mol. The molecule has 0 aliphatic carbocycles. The van der Waals surface area contributed by atoms with Crippen LogP contribution in [0.15, 0.2) is 48.5 Å². The Balaban J connectivity index is 1.93. The zero-order valence-corrected chi connectivity index (χ0v) is 16.5. The molecule has 2 aromatic carbocycles. The number of amides is 2. The van der Waals surface area contributed by atoms with Gasteiger partial charge in [-0.1, -0.05) is 30.3 Å². The Hall–Kier alpha value is -2.61. The Labute approximate surface area is 168 Å². The van der Waals surface area contributed by atoms with Crippen molar-refractivity contribution in [1.82, 2.24) is 15.1 Å². The van der Waals surface area contributed by atoms with Gasteiger partial charge < -0.3 is 15.1 Å². The van der Waals surface area contributed by atoms with E-state index in [1.807, 2.05) is 19.0 Å². The van der Waals surface area contributed by atoms with Gasteiger partial charge in [-0.2, -0.15) is 13.2 Å². The summed E-state index contributed by atoms with van der Waals surface area (Å²) >= 11 is 0. The molecule has 0 aromatic heterocycles. The third kappa shape index (κ3) is 7.38. The second-order valence-corrected chi connectivity index (χ2v) is 6.99. The van der Waals surface area contributed by atoms with Gasteiger partial charge in [0.2, 0.25) is 0 Å². The van der Waals surface area contributed by atoms with Gasteiger partial charge in [0.05, 0.1) is 12.1 Å². The first-order valence-corrected chi connectivity index (χ1v) is 9.24. The van der Waals surface area contributed by atoms with E-state index in [9.17, 15) is 22.4 Å². The summed E-state index contributed by atoms with van der Waals surface area (Å²) in [6.45, 7) is 1.42. The number of hydrogen-bond donors (Lipinski definition) is 1. The number of urea groups is 1. The number of nitrogens with one attached hydrogen (secondary N) is 1. The third-order valence-electron chi connectivity index (χ3n) is 4.39. The van der Waals surface area contributed by atoms with Crippen molar-refractivity contribution in [2.45, 2.75) is 19.1 Å². The van der Waals surface area contributed by atoms with E-state index in [2.05, 4.69) is 5.32 Å². The van der Waals surface area contributed by atoms with Crippen LogP contribution in [0.4, 0.5) is 22.4 Å². The van der Waals surface area contributed by atoms with Gasteiger partial charge in [0.25, 0.3) is 0 Å². The fourth-order valence-electron chi connectivity index (χ4n) is 2.69. The van der Waals surface area contributed by atoms with Crippen molar-refractivity contribution >= 4 is 6.03 Å². The number of hydrogen-bond acceptors (Lipinski definition) is 2. The molecule has 0 heterocycles. The zero-order valence-electron chi connectivity index (χ0n) is 16.5. The maximum atomic E-state index is 14.0. The van der Waals surface area contributed by atoms with Crippen LogP contribution in [-0.4, -0.2) is 49.6 Å². The Morgan fingerprint density at radius 1 is 1.00 bits per heavy atom. The summed E-state index contributed by atoms with van der Waals surface area (Å²) in [6, 6.07) is 10.8. The lowest BCUT2D eigenvalue weighted by Gasteiger charge is -2.25. The van der Waals surface area contributed by atoms with Crippen molar-refractivity contribution in [3.8, 4) is 0 Å². The van der Waals surface area contributed by atoms with Crippen LogP contribution >= 0.6 is 0 Å². The van der Waals surface area contributed by atoms with Crippen LogP contribution in [0.1, 0.15) is 16.7 Å². The minimum absolute atomic E-state index is 0.132. The number of benzene rings is 2. The SMILES string of the molecule is CN(C)CCN(Cc1ccccc1F)C(=O)NCCc1ccc(C(F)(F)F)cc1. The Bertz CT molecular complexity index is 791. The molecule has 0 aliphatic rings. The molecular formula is C21H25F4N3O. The summed E-state index contributed by atoms with van der Waals surface area (Å²) in [7, 11) is 3.76. The Morgan fingerprint density at radius 2 is 1.66 bits per heavy atom. The molecule has 29 heavy (non-hydrogen) atoms. The highest BCUT2D eigenvalue weighted by Gasteiger charge is 2.29. The summed E-state index contributed by atoms with van der Waals surface area (Å²) < 4.78 is 51.8. The number of nitrogens with zero attached hydrogens (tertiary/aromatic N) is 2. The molecule has 8 heteroatoms. The minimum atomic E-state index is -4.37. The number of alkyl halides is 3. The molecule has 1 N–H and O–H groups in total. The summed E-state index contributed by atoms with van der Waals surface area (Å²) in [5.74, 6) is -0.375. The molecule has 4 nitrogen and oxygen atoms in total. The Kier molecular flexibility index (Phi) is 8.01. The predicted molar refractivity (Wildman–Crippen MR) is 104 cm³/mol. The topological polar surface area (TPSA) is 35.6 Å². The Morgan fingerprint density at radius 3 is 2.24 bits per heavy atom. The average Bonchev–Trinajstić information content (AvgIpc) is 2.66. The number of carbonyl (C=O) groups is 1.